The van der Waals surface area contributed by atoms with E-state index in [0.717, 1.165) is 0 Å². The minimum atomic E-state index is -0.325. The van der Waals surface area contributed by atoms with Crippen molar-refractivity contribution in [3.05, 3.63) is 24.0 Å². The van der Waals surface area contributed by atoms with E-state index in [1.54, 1.807) is 11.0 Å². The van der Waals surface area contributed by atoms with Crippen molar-refractivity contribution in [2.45, 2.75) is 12.8 Å². The highest BCUT2D eigenvalue weighted by atomic mass is 32.1. The number of thiazole rings is 1. The topological polar surface area (TPSA) is 62.3 Å². The van der Waals surface area contributed by atoms with E-state index in [2.05, 4.69) is 10.3 Å². The molecule has 1 fully saturated rings. The fourth-order valence-corrected chi connectivity index (χ4v) is 2.96. The summed E-state index contributed by atoms with van der Waals surface area (Å²) < 4.78 is 13.8. The first-order chi connectivity index (χ1) is 9.61. The molecule has 0 saturated carbocycles. The van der Waals surface area contributed by atoms with Gasteiger partial charge in [-0.05, 0) is 18.2 Å². The first kappa shape index (κ1) is 13.0. The summed E-state index contributed by atoms with van der Waals surface area (Å²) >= 11 is 1.23. The number of halogens is 1. The molecule has 1 aromatic heterocycles. The number of urea groups is 1. The predicted octanol–water partition coefficient (Wildman–Crippen LogP) is 2.63. The number of hydrogen-bond donors (Lipinski definition) is 1. The van der Waals surface area contributed by atoms with Crippen LogP contribution in [0.25, 0.3) is 10.2 Å². The van der Waals surface area contributed by atoms with E-state index in [-0.39, 0.29) is 17.6 Å². The van der Waals surface area contributed by atoms with Crippen LogP contribution in [0.3, 0.4) is 0 Å². The molecule has 5 nitrogen and oxygen atoms in total. The Hall–Kier alpha value is -2.02. The number of fused-ring (bicyclic) bond motifs is 1. The van der Waals surface area contributed by atoms with Crippen LogP contribution in [0.5, 0.6) is 0 Å². The smallest absolute Gasteiger partial charge is 0.323 e. The van der Waals surface area contributed by atoms with Crippen LogP contribution in [0.15, 0.2) is 18.2 Å². The van der Waals surface area contributed by atoms with Crippen LogP contribution in [-0.2, 0) is 4.79 Å². The SMILES string of the molecule is O=C1CCN(C(=O)Nc2nc3ccc(F)cc3s2)CC1. The minimum absolute atomic E-state index is 0.185. The molecule has 2 heterocycles. The van der Waals surface area contributed by atoms with Crippen molar-refractivity contribution >= 4 is 38.5 Å². The Kier molecular flexibility index (Phi) is 3.35. The van der Waals surface area contributed by atoms with Gasteiger partial charge in [-0.15, -0.1) is 0 Å². The van der Waals surface area contributed by atoms with Gasteiger partial charge in [0, 0.05) is 25.9 Å². The first-order valence-electron chi connectivity index (χ1n) is 6.25. The molecule has 1 aliphatic heterocycles. The van der Waals surface area contributed by atoms with E-state index in [1.165, 1.54) is 23.5 Å². The summed E-state index contributed by atoms with van der Waals surface area (Å²) in [4.78, 5) is 29.0. The summed E-state index contributed by atoms with van der Waals surface area (Å²) in [6.07, 6.45) is 0.803. The van der Waals surface area contributed by atoms with Gasteiger partial charge in [0.25, 0.3) is 0 Å². The molecule has 0 aliphatic carbocycles. The lowest BCUT2D eigenvalue weighted by molar-refractivity contribution is -0.120. The summed E-state index contributed by atoms with van der Waals surface area (Å²) in [6, 6.07) is 4.04. The van der Waals surface area contributed by atoms with E-state index in [0.29, 0.717) is 41.3 Å². The number of Topliss-reactive ketones (excluding diaryl/α,β-unsaturated/α-hetero) is 1. The average Bonchev–Trinajstić information content (AvgIpc) is 2.80. The number of aromatic nitrogens is 1. The van der Waals surface area contributed by atoms with Gasteiger partial charge < -0.3 is 4.90 Å². The van der Waals surface area contributed by atoms with Gasteiger partial charge in [0.05, 0.1) is 10.2 Å². The number of nitrogens with zero attached hydrogens (tertiary/aromatic N) is 2. The van der Waals surface area contributed by atoms with Gasteiger partial charge in [0.1, 0.15) is 11.6 Å². The van der Waals surface area contributed by atoms with Gasteiger partial charge in [0.15, 0.2) is 5.13 Å². The molecule has 1 N–H and O–H groups in total. The van der Waals surface area contributed by atoms with Crippen LogP contribution in [0, 0.1) is 5.82 Å². The summed E-state index contributed by atoms with van der Waals surface area (Å²) in [6.45, 7) is 0.869. The monoisotopic (exact) mass is 293 g/mol. The Morgan fingerprint density at radius 2 is 2.10 bits per heavy atom. The number of nitrogens with one attached hydrogen (secondary N) is 1. The van der Waals surface area contributed by atoms with Crippen molar-refractivity contribution < 1.29 is 14.0 Å². The molecule has 0 radical (unpaired) electrons. The quantitative estimate of drug-likeness (QED) is 0.879. The van der Waals surface area contributed by atoms with Crippen LogP contribution in [-0.4, -0.2) is 34.8 Å². The minimum Gasteiger partial charge on any atom is -0.324 e. The van der Waals surface area contributed by atoms with Gasteiger partial charge in [-0.25, -0.2) is 14.2 Å². The summed E-state index contributed by atoms with van der Waals surface area (Å²) in [5.41, 5.74) is 0.653. The van der Waals surface area contributed by atoms with Gasteiger partial charge in [-0.2, -0.15) is 0 Å². The number of carbonyl (C=O) groups is 2. The maximum absolute atomic E-state index is 13.1. The number of rotatable bonds is 1. The van der Waals surface area contributed by atoms with Crippen LogP contribution in [0.1, 0.15) is 12.8 Å². The molecule has 0 atom stereocenters. The van der Waals surface area contributed by atoms with Crippen LogP contribution in [0.4, 0.5) is 14.3 Å². The maximum atomic E-state index is 13.1. The van der Waals surface area contributed by atoms with Crippen molar-refractivity contribution in [2.75, 3.05) is 18.4 Å². The highest BCUT2D eigenvalue weighted by Crippen LogP contribution is 2.26. The van der Waals surface area contributed by atoms with Crippen molar-refractivity contribution in [3.63, 3.8) is 0 Å². The molecule has 0 spiro atoms. The number of likely N-dealkylation sites (tertiary alicyclic amines) is 1. The molecule has 104 valence electrons. The van der Waals surface area contributed by atoms with Gasteiger partial charge in [-0.3, -0.25) is 10.1 Å². The molecule has 0 unspecified atom stereocenters. The Morgan fingerprint density at radius 1 is 1.35 bits per heavy atom. The third kappa shape index (κ3) is 2.62. The number of ketones is 1. The van der Waals surface area contributed by atoms with Crippen LogP contribution < -0.4 is 5.32 Å². The van der Waals surface area contributed by atoms with Crippen molar-refractivity contribution in [1.82, 2.24) is 9.88 Å². The van der Waals surface area contributed by atoms with Crippen molar-refractivity contribution in [2.24, 2.45) is 0 Å². The Balaban J connectivity index is 1.72. The van der Waals surface area contributed by atoms with Gasteiger partial charge >= 0.3 is 6.03 Å². The Bertz CT molecular complexity index is 675. The molecule has 20 heavy (non-hydrogen) atoms. The zero-order chi connectivity index (χ0) is 14.1. The van der Waals surface area contributed by atoms with Crippen LogP contribution >= 0.6 is 11.3 Å². The molecule has 1 saturated heterocycles. The largest absolute Gasteiger partial charge is 0.324 e. The number of amides is 2. The standard InChI is InChI=1S/C13H12FN3O2S/c14-8-1-2-10-11(7-8)20-12(15-10)16-13(19)17-5-3-9(18)4-6-17/h1-2,7H,3-6H2,(H,15,16,19). The molecule has 1 aliphatic rings. The molecule has 7 heteroatoms. The van der Waals surface area contributed by atoms with E-state index in [1.807, 2.05) is 0 Å². The third-order valence-corrected chi connectivity index (χ3v) is 4.11. The summed E-state index contributed by atoms with van der Waals surface area (Å²) in [5, 5.41) is 3.13. The highest BCUT2D eigenvalue weighted by molar-refractivity contribution is 7.22. The van der Waals surface area contributed by atoms with Gasteiger partial charge in [-0.1, -0.05) is 11.3 Å². The lowest BCUT2D eigenvalue weighted by Gasteiger charge is -2.25. The molecular weight excluding hydrogens is 281 g/mol. The molecule has 3 rings (SSSR count). The predicted molar refractivity (Wildman–Crippen MR) is 74.4 cm³/mol. The molecule has 2 aromatic rings. The lowest BCUT2D eigenvalue weighted by atomic mass is 10.1. The zero-order valence-corrected chi connectivity index (χ0v) is 11.4. The fourth-order valence-electron chi connectivity index (χ4n) is 2.08. The number of anilines is 1. The Labute approximate surface area is 118 Å². The van der Waals surface area contributed by atoms with Gasteiger partial charge in [0.2, 0.25) is 0 Å². The number of piperidine rings is 1. The molecule has 2 amide bonds. The maximum Gasteiger partial charge on any atom is 0.323 e. The lowest BCUT2D eigenvalue weighted by Crippen LogP contribution is -2.41. The van der Waals surface area contributed by atoms with Crippen molar-refractivity contribution in [3.8, 4) is 0 Å². The second-order valence-corrected chi connectivity index (χ2v) is 5.62. The van der Waals surface area contributed by atoms with E-state index >= 15 is 0 Å². The van der Waals surface area contributed by atoms with E-state index in [4.69, 9.17) is 0 Å². The van der Waals surface area contributed by atoms with Crippen LogP contribution in [0.2, 0.25) is 0 Å². The van der Waals surface area contributed by atoms with E-state index < -0.39 is 0 Å². The third-order valence-electron chi connectivity index (χ3n) is 3.17. The molecule has 0 bridgehead atoms. The van der Waals surface area contributed by atoms with Crippen molar-refractivity contribution in [1.29, 1.82) is 0 Å². The molecular formula is C13H12FN3O2S. The molecule has 1 aromatic carbocycles. The second kappa shape index (κ2) is 5.16. The average molecular weight is 293 g/mol. The van der Waals surface area contributed by atoms with E-state index in [9.17, 15) is 14.0 Å². The first-order valence-corrected chi connectivity index (χ1v) is 7.07. The Morgan fingerprint density at radius 3 is 2.85 bits per heavy atom. The highest BCUT2D eigenvalue weighted by Gasteiger charge is 2.21. The number of carbonyl (C=O) groups excluding carboxylic acids is 2. The number of benzene rings is 1. The summed E-state index contributed by atoms with van der Waals surface area (Å²) in [7, 11) is 0. The number of hydrogen-bond acceptors (Lipinski definition) is 4. The fraction of sp³-hybridized carbons (Fsp3) is 0.308. The second-order valence-electron chi connectivity index (χ2n) is 4.59. The normalized spacial score (nSPS) is 15.7. The zero-order valence-electron chi connectivity index (χ0n) is 10.6. The summed E-state index contributed by atoms with van der Waals surface area (Å²) in [5.74, 6) is -0.141.